The highest BCUT2D eigenvalue weighted by molar-refractivity contribution is 5.95. The predicted octanol–water partition coefficient (Wildman–Crippen LogP) is 0.800. The summed E-state index contributed by atoms with van der Waals surface area (Å²) in [7, 11) is 3.08. The molecule has 0 aromatic carbocycles. The zero-order valence-electron chi connectivity index (χ0n) is 9.80. The van der Waals surface area contributed by atoms with Crippen LogP contribution in [0.2, 0.25) is 0 Å². The molecule has 0 saturated carbocycles. The number of anilines is 2. The van der Waals surface area contributed by atoms with Crippen molar-refractivity contribution in [2.75, 3.05) is 31.3 Å². The van der Waals surface area contributed by atoms with Gasteiger partial charge in [0.1, 0.15) is 5.82 Å². The molecule has 1 aromatic rings. The predicted molar refractivity (Wildman–Crippen MR) is 63.5 cm³/mol. The SMILES string of the molecule is COC(=O)c1cc(N(C)CCC#N)ncc1N. The van der Waals surface area contributed by atoms with Gasteiger partial charge in [0, 0.05) is 13.6 Å². The minimum atomic E-state index is -0.500. The van der Waals surface area contributed by atoms with Crippen LogP contribution < -0.4 is 10.6 Å². The normalized spacial score (nSPS) is 9.47. The van der Waals surface area contributed by atoms with E-state index in [4.69, 9.17) is 11.0 Å². The van der Waals surface area contributed by atoms with Crippen LogP contribution in [0, 0.1) is 11.3 Å². The van der Waals surface area contributed by atoms with E-state index in [1.165, 1.54) is 13.3 Å². The van der Waals surface area contributed by atoms with Gasteiger partial charge in [-0.2, -0.15) is 5.26 Å². The Morgan fingerprint density at radius 2 is 2.41 bits per heavy atom. The first-order valence-corrected chi connectivity index (χ1v) is 5.02. The molecule has 17 heavy (non-hydrogen) atoms. The summed E-state index contributed by atoms with van der Waals surface area (Å²) in [6.45, 7) is 0.536. The number of rotatable bonds is 4. The van der Waals surface area contributed by atoms with E-state index in [2.05, 4.69) is 9.72 Å². The Morgan fingerprint density at radius 1 is 1.71 bits per heavy atom. The minimum absolute atomic E-state index is 0.272. The third-order valence-corrected chi connectivity index (χ3v) is 2.28. The molecule has 0 aliphatic carbocycles. The summed E-state index contributed by atoms with van der Waals surface area (Å²) in [5, 5.41) is 8.50. The van der Waals surface area contributed by atoms with Crippen LogP contribution in [0.3, 0.4) is 0 Å². The molecule has 1 heterocycles. The molecule has 0 amide bonds. The van der Waals surface area contributed by atoms with Crippen molar-refractivity contribution in [3.63, 3.8) is 0 Å². The number of nitrogens with zero attached hydrogens (tertiary/aromatic N) is 3. The van der Waals surface area contributed by atoms with Crippen molar-refractivity contribution >= 4 is 17.5 Å². The fourth-order valence-electron chi connectivity index (χ4n) is 1.28. The van der Waals surface area contributed by atoms with Crippen LogP contribution in [0.15, 0.2) is 12.3 Å². The number of hydrogen-bond acceptors (Lipinski definition) is 6. The van der Waals surface area contributed by atoms with Gasteiger partial charge in [-0.25, -0.2) is 9.78 Å². The molecule has 0 atom stereocenters. The highest BCUT2D eigenvalue weighted by atomic mass is 16.5. The molecular formula is C11H14N4O2. The summed E-state index contributed by atoms with van der Waals surface area (Å²) >= 11 is 0. The van der Waals surface area contributed by atoms with Gasteiger partial charge in [-0.3, -0.25) is 0 Å². The van der Waals surface area contributed by atoms with Crippen molar-refractivity contribution in [3.8, 4) is 6.07 Å². The van der Waals surface area contributed by atoms with Crippen molar-refractivity contribution in [1.29, 1.82) is 5.26 Å². The lowest BCUT2D eigenvalue weighted by atomic mass is 10.2. The van der Waals surface area contributed by atoms with Gasteiger partial charge < -0.3 is 15.4 Å². The zero-order chi connectivity index (χ0) is 12.8. The maximum absolute atomic E-state index is 11.4. The topological polar surface area (TPSA) is 92.2 Å². The second-order valence-corrected chi connectivity index (χ2v) is 3.45. The number of aromatic nitrogens is 1. The lowest BCUT2D eigenvalue weighted by Gasteiger charge is -2.17. The van der Waals surface area contributed by atoms with E-state index in [0.29, 0.717) is 18.8 Å². The molecule has 0 unspecified atom stereocenters. The summed E-state index contributed by atoms with van der Waals surface area (Å²) in [4.78, 5) is 17.3. The molecule has 0 aliphatic heterocycles. The third-order valence-electron chi connectivity index (χ3n) is 2.28. The number of esters is 1. The number of carbonyl (C=O) groups excluding carboxylic acids is 1. The van der Waals surface area contributed by atoms with Crippen molar-refractivity contribution in [1.82, 2.24) is 4.98 Å². The van der Waals surface area contributed by atoms with Crippen LogP contribution in [0.1, 0.15) is 16.8 Å². The molecular weight excluding hydrogens is 220 g/mol. The Hall–Kier alpha value is -2.29. The zero-order valence-corrected chi connectivity index (χ0v) is 9.80. The number of nitriles is 1. The Morgan fingerprint density at radius 3 is 3.00 bits per heavy atom. The molecule has 0 bridgehead atoms. The summed E-state index contributed by atoms with van der Waals surface area (Å²) in [6, 6.07) is 3.60. The highest BCUT2D eigenvalue weighted by Crippen LogP contribution is 2.18. The Labute approximate surface area is 99.6 Å². The number of carbonyl (C=O) groups is 1. The Bertz CT molecular complexity index is 453. The van der Waals surface area contributed by atoms with Crippen LogP contribution >= 0.6 is 0 Å². The fraction of sp³-hybridized carbons (Fsp3) is 0.364. The Balaban J connectivity index is 2.96. The molecule has 6 heteroatoms. The second-order valence-electron chi connectivity index (χ2n) is 3.45. The van der Waals surface area contributed by atoms with E-state index >= 15 is 0 Å². The molecule has 0 spiro atoms. The van der Waals surface area contributed by atoms with Crippen molar-refractivity contribution in [3.05, 3.63) is 17.8 Å². The van der Waals surface area contributed by atoms with E-state index in [9.17, 15) is 4.79 Å². The van der Waals surface area contributed by atoms with Gasteiger partial charge in [0.05, 0.1) is 37.0 Å². The number of methoxy groups -OCH3 is 1. The number of ether oxygens (including phenoxy) is 1. The number of hydrogen-bond donors (Lipinski definition) is 1. The average molecular weight is 234 g/mol. The Kier molecular flexibility index (Phi) is 4.29. The number of nitrogen functional groups attached to an aromatic ring is 1. The van der Waals surface area contributed by atoms with Crippen molar-refractivity contribution in [2.45, 2.75) is 6.42 Å². The van der Waals surface area contributed by atoms with Crippen LogP contribution in [0.25, 0.3) is 0 Å². The van der Waals surface area contributed by atoms with Gasteiger partial charge in [0.2, 0.25) is 0 Å². The van der Waals surface area contributed by atoms with Gasteiger partial charge in [0.15, 0.2) is 0 Å². The smallest absolute Gasteiger partial charge is 0.340 e. The number of nitrogens with two attached hydrogens (primary N) is 1. The van der Waals surface area contributed by atoms with Gasteiger partial charge >= 0.3 is 5.97 Å². The van der Waals surface area contributed by atoms with Gasteiger partial charge in [-0.05, 0) is 6.07 Å². The summed E-state index contributed by atoms with van der Waals surface area (Å²) in [6.07, 6.45) is 1.79. The van der Waals surface area contributed by atoms with Gasteiger partial charge in [-0.1, -0.05) is 0 Å². The van der Waals surface area contributed by atoms with Gasteiger partial charge in [0.25, 0.3) is 0 Å². The first kappa shape index (κ1) is 12.8. The molecule has 2 N–H and O–H groups in total. The number of pyridine rings is 1. The molecule has 6 nitrogen and oxygen atoms in total. The van der Waals surface area contributed by atoms with Crippen LogP contribution in [-0.4, -0.2) is 31.7 Å². The van der Waals surface area contributed by atoms with Crippen LogP contribution in [0.5, 0.6) is 0 Å². The summed E-state index contributed by atoms with van der Waals surface area (Å²) in [5.74, 6) is 0.0784. The fourth-order valence-corrected chi connectivity index (χ4v) is 1.28. The third kappa shape index (κ3) is 3.08. The molecule has 0 aliphatic rings. The van der Waals surface area contributed by atoms with E-state index < -0.39 is 5.97 Å². The molecule has 90 valence electrons. The van der Waals surface area contributed by atoms with Gasteiger partial charge in [-0.15, -0.1) is 0 Å². The quantitative estimate of drug-likeness (QED) is 0.774. The molecule has 1 aromatic heterocycles. The highest BCUT2D eigenvalue weighted by Gasteiger charge is 2.13. The average Bonchev–Trinajstić information content (AvgIpc) is 2.35. The van der Waals surface area contributed by atoms with E-state index in [1.807, 2.05) is 6.07 Å². The monoisotopic (exact) mass is 234 g/mol. The molecule has 0 radical (unpaired) electrons. The van der Waals surface area contributed by atoms with E-state index in [0.717, 1.165) is 0 Å². The lowest BCUT2D eigenvalue weighted by Crippen LogP contribution is -2.20. The first-order valence-electron chi connectivity index (χ1n) is 5.02. The second kappa shape index (κ2) is 5.70. The lowest BCUT2D eigenvalue weighted by molar-refractivity contribution is 0.0602. The minimum Gasteiger partial charge on any atom is -0.465 e. The maximum atomic E-state index is 11.4. The summed E-state index contributed by atoms with van der Waals surface area (Å²) < 4.78 is 4.62. The largest absolute Gasteiger partial charge is 0.465 e. The van der Waals surface area contributed by atoms with E-state index in [-0.39, 0.29) is 11.3 Å². The molecule has 0 saturated heterocycles. The van der Waals surface area contributed by atoms with Crippen LogP contribution in [0.4, 0.5) is 11.5 Å². The van der Waals surface area contributed by atoms with Crippen molar-refractivity contribution < 1.29 is 9.53 Å². The maximum Gasteiger partial charge on any atom is 0.340 e. The molecule has 0 fully saturated rings. The molecule has 1 rings (SSSR count). The van der Waals surface area contributed by atoms with Crippen molar-refractivity contribution in [2.24, 2.45) is 0 Å². The standard InChI is InChI=1S/C11H14N4O2/c1-15(5-3-4-12)10-6-8(11(16)17-2)9(13)7-14-10/h6-7H,3,5,13H2,1-2H3. The first-order chi connectivity index (χ1) is 8.10. The van der Waals surface area contributed by atoms with Crippen LogP contribution in [-0.2, 0) is 4.74 Å². The van der Waals surface area contributed by atoms with E-state index in [1.54, 1.807) is 18.0 Å². The summed E-state index contributed by atoms with van der Waals surface area (Å²) in [5.41, 5.74) is 6.18.